The monoisotopic (exact) mass is 286 g/mol. The van der Waals surface area contributed by atoms with Crippen molar-refractivity contribution in [3.05, 3.63) is 58.3 Å². The first-order valence-electron chi connectivity index (χ1n) is 7.36. The van der Waals surface area contributed by atoms with Crippen molar-refractivity contribution in [2.75, 3.05) is 13.6 Å². The maximum absolute atomic E-state index is 3.37. The molecule has 0 spiro atoms. The summed E-state index contributed by atoms with van der Waals surface area (Å²) >= 11 is 1.87. The van der Waals surface area contributed by atoms with Gasteiger partial charge in [-0.3, -0.25) is 4.90 Å². The molecule has 1 aromatic carbocycles. The zero-order valence-corrected chi connectivity index (χ0v) is 12.8. The Labute approximate surface area is 125 Å². The number of hydrogen-bond donors (Lipinski definition) is 1. The molecule has 0 radical (unpaired) electrons. The van der Waals surface area contributed by atoms with E-state index in [-0.39, 0.29) is 0 Å². The van der Waals surface area contributed by atoms with Crippen LogP contribution in [-0.4, -0.2) is 24.5 Å². The molecular formula is C17H22N2S. The van der Waals surface area contributed by atoms with E-state index >= 15 is 0 Å². The second-order valence-electron chi connectivity index (χ2n) is 5.47. The van der Waals surface area contributed by atoms with E-state index in [2.05, 4.69) is 58.1 Å². The molecule has 1 heterocycles. The summed E-state index contributed by atoms with van der Waals surface area (Å²) in [5.74, 6) is 0. The second kappa shape index (κ2) is 6.53. The minimum atomic E-state index is 0.468. The summed E-state index contributed by atoms with van der Waals surface area (Å²) in [6, 6.07) is 16.5. The van der Waals surface area contributed by atoms with Crippen LogP contribution in [0, 0.1) is 0 Å². The first-order chi connectivity index (χ1) is 9.88. The van der Waals surface area contributed by atoms with Gasteiger partial charge in [-0.1, -0.05) is 36.4 Å². The van der Waals surface area contributed by atoms with Gasteiger partial charge in [-0.2, -0.15) is 0 Å². The molecule has 1 aromatic heterocycles. The van der Waals surface area contributed by atoms with Crippen molar-refractivity contribution in [1.29, 1.82) is 0 Å². The van der Waals surface area contributed by atoms with Gasteiger partial charge in [0.25, 0.3) is 0 Å². The molecule has 1 aliphatic carbocycles. The normalized spacial score (nSPS) is 16.5. The minimum absolute atomic E-state index is 0.468. The van der Waals surface area contributed by atoms with Gasteiger partial charge in [0, 0.05) is 30.1 Å². The van der Waals surface area contributed by atoms with Crippen LogP contribution in [0.15, 0.2) is 47.8 Å². The van der Waals surface area contributed by atoms with Crippen molar-refractivity contribution >= 4 is 11.3 Å². The van der Waals surface area contributed by atoms with Crippen molar-refractivity contribution in [3.8, 4) is 0 Å². The summed E-state index contributed by atoms with van der Waals surface area (Å²) in [4.78, 5) is 4.14. The zero-order chi connectivity index (χ0) is 13.8. The van der Waals surface area contributed by atoms with E-state index in [9.17, 15) is 0 Å². The smallest absolute Gasteiger partial charge is 0.0479 e. The molecule has 3 rings (SSSR count). The van der Waals surface area contributed by atoms with Gasteiger partial charge in [0.2, 0.25) is 0 Å². The number of nitrogens with one attached hydrogen (secondary N) is 1. The predicted octanol–water partition coefficient (Wildman–Crippen LogP) is 3.67. The lowest BCUT2D eigenvalue weighted by atomic mass is 10.0. The van der Waals surface area contributed by atoms with E-state index in [0.29, 0.717) is 6.04 Å². The Morgan fingerprint density at radius 3 is 2.60 bits per heavy atom. The summed E-state index contributed by atoms with van der Waals surface area (Å²) in [6.45, 7) is 2.08. The van der Waals surface area contributed by atoms with E-state index in [1.807, 2.05) is 18.4 Å². The molecule has 2 nitrogen and oxygen atoms in total. The van der Waals surface area contributed by atoms with Crippen LogP contribution < -0.4 is 5.32 Å². The van der Waals surface area contributed by atoms with Crippen LogP contribution in [-0.2, 0) is 6.54 Å². The molecule has 1 atom stereocenters. The highest BCUT2D eigenvalue weighted by Crippen LogP contribution is 2.36. The molecule has 0 saturated heterocycles. The standard InChI is InChI=1S/C17H22N2S/c1-18-12-17(14-6-3-2-4-7-14)19(15-9-10-15)13-16-8-5-11-20-16/h2-8,11,15,17-18H,9-10,12-13H2,1H3. The van der Waals surface area contributed by atoms with Gasteiger partial charge < -0.3 is 5.32 Å². The molecule has 0 bridgehead atoms. The van der Waals surface area contributed by atoms with Crippen LogP contribution in [0.5, 0.6) is 0 Å². The average Bonchev–Trinajstić information content (AvgIpc) is 3.21. The van der Waals surface area contributed by atoms with E-state index in [4.69, 9.17) is 0 Å². The lowest BCUT2D eigenvalue weighted by Crippen LogP contribution is -2.36. The fraction of sp³-hybridized carbons (Fsp3) is 0.412. The van der Waals surface area contributed by atoms with Gasteiger partial charge in [-0.05, 0) is 36.9 Å². The molecule has 1 saturated carbocycles. The molecule has 20 heavy (non-hydrogen) atoms. The highest BCUT2D eigenvalue weighted by atomic mass is 32.1. The second-order valence-corrected chi connectivity index (χ2v) is 6.50. The van der Waals surface area contributed by atoms with Gasteiger partial charge in [0.05, 0.1) is 0 Å². The SMILES string of the molecule is CNCC(c1ccccc1)N(Cc1cccs1)C1CC1. The molecule has 0 amide bonds. The fourth-order valence-electron chi connectivity index (χ4n) is 2.78. The highest BCUT2D eigenvalue weighted by Gasteiger charge is 2.34. The summed E-state index contributed by atoms with van der Waals surface area (Å²) in [5.41, 5.74) is 1.42. The van der Waals surface area contributed by atoms with Crippen molar-refractivity contribution in [2.24, 2.45) is 0 Å². The van der Waals surface area contributed by atoms with Crippen LogP contribution in [0.4, 0.5) is 0 Å². The van der Waals surface area contributed by atoms with Gasteiger partial charge >= 0.3 is 0 Å². The predicted molar refractivity (Wildman–Crippen MR) is 86.0 cm³/mol. The first-order valence-corrected chi connectivity index (χ1v) is 8.24. The molecule has 1 aliphatic rings. The number of hydrogen-bond acceptors (Lipinski definition) is 3. The van der Waals surface area contributed by atoms with Crippen molar-refractivity contribution in [1.82, 2.24) is 10.2 Å². The lowest BCUT2D eigenvalue weighted by molar-refractivity contribution is 0.177. The van der Waals surface area contributed by atoms with Gasteiger partial charge in [-0.25, -0.2) is 0 Å². The summed E-state index contributed by atoms with van der Waals surface area (Å²) < 4.78 is 0. The molecule has 2 aromatic rings. The highest BCUT2D eigenvalue weighted by molar-refractivity contribution is 7.09. The number of nitrogens with zero attached hydrogens (tertiary/aromatic N) is 1. The molecule has 1 fully saturated rings. The summed E-state index contributed by atoms with van der Waals surface area (Å²) in [7, 11) is 2.05. The summed E-state index contributed by atoms with van der Waals surface area (Å²) in [6.07, 6.45) is 2.69. The van der Waals surface area contributed by atoms with Crippen LogP contribution >= 0.6 is 11.3 Å². The first kappa shape index (κ1) is 13.8. The third-order valence-corrected chi connectivity index (χ3v) is 4.78. The lowest BCUT2D eigenvalue weighted by Gasteiger charge is -2.32. The molecule has 1 N–H and O–H groups in total. The van der Waals surface area contributed by atoms with Gasteiger partial charge in [-0.15, -0.1) is 11.3 Å². The van der Waals surface area contributed by atoms with E-state index in [1.54, 1.807) is 0 Å². The Morgan fingerprint density at radius 2 is 2.00 bits per heavy atom. The number of likely N-dealkylation sites (N-methyl/N-ethyl adjacent to an activating group) is 1. The number of benzene rings is 1. The number of thiophene rings is 1. The van der Waals surface area contributed by atoms with Crippen molar-refractivity contribution in [2.45, 2.75) is 31.5 Å². The minimum Gasteiger partial charge on any atom is -0.318 e. The van der Waals surface area contributed by atoms with Gasteiger partial charge in [0.1, 0.15) is 0 Å². The van der Waals surface area contributed by atoms with Crippen LogP contribution in [0.25, 0.3) is 0 Å². The average molecular weight is 286 g/mol. The van der Waals surface area contributed by atoms with Gasteiger partial charge in [0.15, 0.2) is 0 Å². The molecule has 1 unspecified atom stereocenters. The summed E-state index contributed by atoms with van der Waals surface area (Å²) in [5, 5.41) is 5.55. The molecule has 3 heteroatoms. The largest absolute Gasteiger partial charge is 0.318 e. The molecular weight excluding hydrogens is 264 g/mol. The topological polar surface area (TPSA) is 15.3 Å². The van der Waals surface area contributed by atoms with E-state index in [0.717, 1.165) is 19.1 Å². The third-order valence-electron chi connectivity index (χ3n) is 3.92. The zero-order valence-electron chi connectivity index (χ0n) is 12.0. The molecule has 0 aliphatic heterocycles. The Hall–Kier alpha value is -1.16. The quantitative estimate of drug-likeness (QED) is 0.835. The number of rotatable bonds is 7. The van der Waals surface area contributed by atoms with E-state index < -0.39 is 0 Å². The maximum atomic E-state index is 3.37. The van der Waals surface area contributed by atoms with Crippen LogP contribution in [0.3, 0.4) is 0 Å². The Kier molecular flexibility index (Phi) is 4.51. The Bertz CT molecular complexity index is 505. The van der Waals surface area contributed by atoms with Crippen LogP contribution in [0.1, 0.15) is 29.3 Å². The van der Waals surface area contributed by atoms with Crippen molar-refractivity contribution < 1.29 is 0 Å². The maximum Gasteiger partial charge on any atom is 0.0479 e. The molecule has 106 valence electrons. The Balaban J connectivity index is 1.82. The van der Waals surface area contributed by atoms with Crippen LogP contribution in [0.2, 0.25) is 0 Å². The fourth-order valence-corrected chi connectivity index (χ4v) is 3.49. The van der Waals surface area contributed by atoms with E-state index in [1.165, 1.54) is 23.3 Å². The Morgan fingerprint density at radius 1 is 1.20 bits per heavy atom. The third kappa shape index (κ3) is 3.29. The van der Waals surface area contributed by atoms with Crippen molar-refractivity contribution in [3.63, 3.8) is 0 Å².